The van der Waals surface area contributed by atoms with Gasteiger partial charge >= 0.3 is 0 Å². The zero-order chi connectivity index (χ0) is 15.1. The van der Waals surface area contributed by atoms with Gasteiger partial charge in [0.1, 0.15) is 0 Å². The first-order chi connectivity index (χ1) is 9.68. The van der Waals surface area contributed by atoms with Crippen molar-refractivity contribution in [3.05, 3.63) is 12.7 Å². The van der Waals surface area contributed by atoms with Crippen LogP contribution in [-0.2, 0) is 0 Å². The van der Waals surface area contributed by atoms with Gasteiger partial charge < -0.3 is 0 Å². The maximum Gasteiger partial charge on any atom is 0.0154 e. The largest absolute Gasteiger partial charge is 0.103 e. The van der Waals surface area contributed by atoms with Gasteiger partial charge in [0.25, 0.3) is 0 Å². The van der Waals surface area contributed by atoms with Crippen molar-refractivity contribution in [3.63, 3.8) is 0 Å². The zero-order valence-corrected chi connectivity index (χ0v) is 16.7. The normalized spacial score (nSPS) is 11.9. The molecule has 0 radical (unpaired) electrons. The highest BCUT2D eigenvalue weighted by atomic mass is 28.1. The molecular formula is C19H40Si. The quantitative estimate of drug-likeness (QED) is 0.192. The third-order valence-electron chi connectivity index (χ3n) is 4.70. The van der Waals surface area contributed by atoms with Crippen LogP contribution in [0.15, 0.2) is 12.7 Å². The summed E-state index contributed by atoms with van der Waals surface area (Å²) in [6.07, 6.45) is 22.2. The Bertz CT molecular complexity index is 194. The Balaban J connectivity index is 3.60. The minimum absolute atomic E-state index is 0.537. The first-order valence-electron chi connectivity index (χ1n) is 9.32. The molecule has 0 nitrogen and oxygen atoms in total. The van der Waals surface area contributed by atoms with Crippen molar-refractivity contribution in [1.82, 2.24) is 0 Å². The van der Waals surface area contributed by atoms with Gasteiger partial charge in [-0.3, -0.25) is 0 Å². The lowest BCUT2D eigenvalue weighted by Gasteiger charge is -2.26. The van der Waals surface area contributed by atoms with Crippen molar-refractivity contribution in [2.75, 3.05) is 0 Å². The lowest BCUT2D eigenvalue weighted by Crippen LogP contribution is -2.09. The zero-order valence-electron chi connectivity index (χ0n) is 14.7. The molecule has 0 aromatic carbocycles. The van der Waals surface area contributed by atoms with Crippen LogP contribution in [0.25, 0.3) is 0 Å². The summed E-state index contributed by atoms with van der Waals surface area (Å²) < 4.78 is 0. The van der Waals surface area contributed by atoms with Gasteiger partial charge in [0.05, 0.1) is 0 Å². The second-order valence-corrected chi connectivity index (χ2v) is 8.89. The molecule has 0 fully saturated rings. The van der Waals surface area contributed by atoms with Crippen LogP contribution in [-0.4, -0.2) is 10.2 Å². The van der Waals surface area contributed by atoms with Gasteiger partial charge in [0.15, 0.2) is 0 Å². The van der Waals surface area contributed by atoms with Crippen LogP contribution in [0.2, 0.25) is 5.04 Å². The average molecular weight is 297 g/mol. The van der Waals surface area contributed by atoms with Crippen molar-refractivity contribution < 1.29 is 0 Å². The molecule has 0 amide bonds. The fourth-order valence-electron chi connectivity index (χ4n) is 2.95. The molecule has 20 heavy (non-hydrogen) atoms. The first-order valence-corrected chi connectivity index (χ1v) is 10.3. The number of allylic oxidation sites excluding steroid dienone is 1. The van der Waals surface area contributed by atoms with Gasteiger partial charge in [-0.05, 0) is 17.9 Å². The van der Waals surface area contributed by atoms with Gasteiger partial charge in [-0.15, -0.1) is 6.58 Å². The van der Waals surface area contributed by atoms with Gasteiger partial charge in [0, 0.05) is 10.2 Å². The van der Waals surface area contributed by atoms with Crippen molar-refractivity contribution in [2.24, 2.45) is 0 Å². The molecule has 0 atom stereocenters. The van der Waals surface area contributed by atoms with Crippen LogP contribution in [0.4, 0.5) is 0 Å². The molecule has 0 aliphatic rings. The molecule has 0 aliphatic heterocycles. The van der Waals surface area contributed by atoms with Crippen LogP contribution in [0.3, 0.4) is 0 Å². The summed E-state index contributed by atoms with van der Waals surface area (Å²) in [4.78, 5) is 0. The third kappa shape index (κ3) is 11.8. The summed E-state index contributed by atoms with van der Waals surface area (Å²) in [7, 11) is 1.29. The van der Waals surface area contributed by atoms with Crippen LogP contribution < -0.4 is 0 Å². The fourth-order valence-corrected chi connectivity index (χ4v) is 3.65. The highest BCUT2D eigenvalue weighted by Crippen LogP contribution is 2.36. The van der Waals surface area contributed by atoms with Crippen molar-refractivity contribution in [2.45, 2.75) is 109 Å². The van der Waals surface area contributed by atoms with Crippen molar-refractivity contribution in [3.8, 4) is 0 Å². The molecule has 0 unspecified atom stereocenters. The van der Waals surface area contributed by atoms with E-state index in [4.69, 9.17) is 0 Å². The molecule has 0 aromatic rings. The molecule has 0 rings (SSSR count). The second-order valence-electron chi connectivity index (χ2n) is 6.89. The average Bonchev–Trinajstić information content (AvgIpc) is 2.46. The summed E-state index contributed by atoms with van der Waals surface area (Å²) in [6.45, 7) is 8.71. The van der Waals surface area contributed by atoms with E-state index < -0.39 is 0 Å². The minimum atomic E-state index is 0.537. The topological polar surface area (TPSA) is 0 Å². The van der Waals surface area contributed by atoms with Crippen molar-refractivity contribution >= 4 is 10.2 Å². The number of hydrogen-bond acceptors (Lipinski definition) is 0. The van der Waals surface area contributed by atoms with Gasteiger partial charge in [-0.1, -0.05) is 97.0 Å². The monoisotopic (exact) mass is 296 g/mol. The molecule has 0 aliphatic carbocycles. The van der Waals surface area contributed by atoms with Gasteiger partial charge in [-0.2, -0.15) is 0 Å². The van der Waals surface area contributed by atoms with E-state index in [1.165, 1.54) is 100 Å². The Labute approximate surface area is 132 Å². The molecule has 120 valence electrons. The molecule has 0 N–H and O–H groups in total. The predicted molar refractivity (Wildman–Crippen MR) is 98.8 cm³/mol. The SMILES string of the molecule is C=CC([SiH3])(CCCCCCCC)CCCCCCCC. The van der Waals surface area contributed by atoms with E-state index in [9.17, 15) is 0 Å². The fraction of sp³-hybridized carbons (Fsp3) is 0.895. The molecule has 1 heteroatoms. The standard InChI is InChI=1S/C19H40Si/c1-4-7-9-11-13-15-17-19(20,6-3)18-16-14-12-10-8-5-2/h6H,3-5,7-18H2,1-2,20H3. The maximum absolute atomic E-state index is 4.12. The Hall–Kier alpha value is -0.0431. The van der Waals surface area contributed by atoms with Crippen LogP contribution >= 0.6 is 0 Å². The van der Waals surface area contributed by atoms with E-state index in [0.29, 0.717) is 5.04 Å². The Morgan fingerprint density at radius 2 is 1.05 bits per heavy atom. The van der Waals surface area contributed by atoms with E-state index >= 15 is 0 Å². The number of unbranched alkanes of at least 4 members (excludes halogenated alkanes) is 10. The van der Waals surface area contributed by atoms with Gasteiger partial charge in [-0.25, -0.2) is 0 Å². The summed E-state index contributed by atoms with van der Waals surface area (Å²) in [5.74, 6) is 0. The van der Waals surface area contributed by atoms with Crippen LogP contribution in [0.5, 0.6) is 0 Å². The van der Waals surface area contributed by atoms with Crippen LogP contribution in [0.1, 0.15) is 104 Å². The Morgan fingerprint density at radius 1 is 0.700 bits per heavy atom. The second kappa shape index (κ2) is 13.9. The first kappa shape index (κ1) is 20.0. The lowest BCUT2D eigenvalue weighted by atomic mass is 9.93. The third-order valence-corrected chi connectivity index (χ3v) is 6.10. The predicted octanol–water partition coefficient (Wildman–Crippen LogP) is 6.20. The summed E-state index contributed by atoms with van der Waals surface area (Å²) in [5, 5.41) is 0.537. The summed E-state index contributed by atoms with van der Waals surface area (Å²) in [5.41, 5.74) is 0. The highest BCUT2D eigenvalue weighted by molar-refractivity contribution is 6.16. The Morgan fingerprint density at radius 3 is 1.40 bits per heavy atom. The summed E-state index contributed by atoms with van der Waals surface area (Å²) in [6, 6.07) is 0. The van der Waals surface area contributed by atoms with E-state index in [1.54, 1.807) is 0 Å². The van der Waals surface area contributed by atoms with E-state index in [1.807, 2.05) is 0 Å². The minimum Gasteiger partial charge on any atom is -0.103 e. The van der Waals surface area contributed by atoms with Gasteiger partial charge in [0.2, 0.25) is 0 Å². The Kier molecular flexibility index (Phi) is 13.9. The van der Waals surface area contributed by atoms with E-state index in [-0.39, 0.29) is 0 Å². The number of hydrogen-bond donors (Lipinski definition) is 0. The molecule has 0 spiro atoms. The smallest absolute Gasteiger partial charge is 0.0154 e. The molecule has 0 saturated heterocycles. The molecule has 0 saturated carbocycles. The highest BCUT2D eigenvalue weighted by Gasteiger charge is 2.18. The van der Waals surface area contributed by atoms with Crippen molar-refractivity contribution in [1.29, 1.82) is 0 Å². The molecule has 0 bridgehead atoms. The molecule has 0 aromatic heterocycles. The van der Waals surface area contributed by atoms with E-state index in [2.05, 4.69) is 26.5 Å². The lowest BCUT2D eigenvalue weighted by molar-refractivity contribution is 0.481. The van der Waals surface area contributed by atoms with Crippen LogP contribution in [0, 0.1) is 0 Å². The molecular weight excluding hydrogens is 256 g/mol. The maximum atomic E-state index is 4.12. The summed E-state index contributed by atoms with van der Waals surface area (Å²) >= 11 is 0. The molecule has 0 heterocycles. The number of rotatable bonds is 15. The van der Waals surface area contributed by atoms with E-state index in [0.717, 1.165) is 0 Å².